The molecule has 0 aliphatic rings. The topological polar surface area (TPSA) is 0 Å². The van der Waals surface area contributed by atoms with Gasteiger partial charge in [-0.25, -0.2) is 0 Å². The lowest BCUT2D eigenvalue weighted by molar-refractivity contribution is 0.671. The van der Waals surface area contributed by atoms with Crippen molar-refractivity contribution < 1.29 is 0 Å². The molecule has 0 atom stereocenters. The van der Waals surface area contributed by atoms with E-state index in [1.165, 1.54) is 23.5 Å². The number of hydrogen-bond acceptors (Lipinski definition) is 2. The van der Waals surface area contributed by atoms with Gasteiger partial charge in [0, 0.05) is 0 Å². The Morgan fingerprint density at radius 3 is 2.07 bits per heavy atom. The summed E-state index contributed by atoms with van der Waals surface area (Å²) in [6, 6.07) is 10.8. The highest BCUT2D eigenvalue weighted by molar-refractivity contribution is 7.99. The van der Waals surface area contributed by atoms with Crippen molar-refractivity contribution in [1.82, 2.24) is 0 Å². The fourth-order valence-electron chi connectivity index (χ4n) is 1.58. The molecule has 0 amide bonds. The molecule has 0 heterocycles. The minimum absolute atomic E-state index is 0.822. The summed E-state index contributed by atoms with van der Waals surface area (Å²) in [7, 11) is 0. The second-order valence-corrected chi connectivity index (χ2v) is 5.29. The van der Waals surface area contributed by atoms with E-state index in [1.54, 1.807) is 0 Å². The lowest BCUT2D eigenvalue weighted by Crippen LogP contribution is -2.10. The van der Waals surface area contributed by atoms with Gasteiger partial charge in [-0.3, -0.25) is 0 Å². The number of thioether (sulfide) groups is 2. The first-order chi connectivity index (χ1) is 6.86. The molecule has 0 spiro atoms. The Kier molecular flexibility index (Phi) is 6.20. The second kappa shape index (κ2) is 7.24. The van der Waals surface area contributed by atoms with E-state index < -0.39 is 0 Å². The van der Waals surface area contributed by atoms with Crippen LogP contribution < -0.4 is 0 Å². The largest absolute Gasteiger partial charge is 0.165 e. The Hall–Kier alpha value is -0.0800. The molecule has 1 aromatic rings. The Morgan fingerprint density at radius 2 is 1.57 bits per heavy atom. The van der Waals surface area contributed by atoms with Gasteiger partial charge >= 0.3 is 0 Å². The van der Waals surface area contributed by atoms with Crippen molar-refractivity contribution in [2.24, 2.45) is 5.92 Å². The van der Waals surface area contributed by atoms with Gasteiger partial charge in [-0.2, -0.15) is 23.5 Å². The van der Waals surface area contributed by atoms with Crippen LogP contribution in [0.5, 0.6) is 0 Å². The maximum atomic E-state index is 2.23. The zero-order chi connectivity index (χ0) is 10.2. The molecule has 0 N–H and O–H groups in total. The first-order valence-corrected chi connectivity index (χ1v) is 7.67. The third-order valence-corrected chi connectivity index (χ3v) is 3.78. The van der Waals surface area contributed by atoms with Crippen LogP contribution in [0.4, 0.5) is 0 Å². The van der Waals surface area contributed by atoms with Crippen LogP contribution in [0.1, 0.15) is 5.56 Å². The fraction of sp³-hybridized carbons (Fsp3) is 0.500. The van der Waals surface area contributed by atoms with E-state index in [2.05, 4.69) is 42.8 Å². The van der Waals surface area contributed by atoms with E-state index in [9.17, 15) is 0 Å². The van der Waals surface area contributed by atoms with Gasteiger partial charge < -0.3 is 0 Å². The summed E-state index contributed by atoms with van der Waals surface area (Å²) in [5, 5.41) is 0. The van der Waals surface area contributed by atoms with Crippen molar-refractivity contribution in [3.8, 4) is 0 Å². The van der Waals surface area contributed by atoms with Crippen LogP contribution >= 0.6 is 23.5 Å². The first kappa shape index (κ1) is 12.0. The van der Waals surface area contributed by atoms with Crippen LogP contribution in [0.3, 0.4) is 0 Å². The summed E-state index contributed by atoms with van der Waals surface area (Å²) in [5.41, 5.74) is 1.47. The van der Waals surface area contributed by atoms with E-state index in [0.717, 1.165) is 5.92 Å². The smallest absolute Gasteiger partial charge is 0.00308 e. The molecule has 1 aromatic carbocycles. The summed E-state index contributed by atoms with van der Waals surface area (Å²) in [6.45, 7) is 0. The summed E-state index contributed by atoms with van der Waals surface area (Å²) in [4.78, 5) is 0. The molecule has 0 aliphatic heterocycles. The maximum Gasteiger partial charge on any atom is -0.00308 e. The minimum Gasteiger partial charge on any atom is -0.165 e. The summed E-state index contributed by atoms with van der Waals surface area (Å²) in [5.74, 6) is 3.37. The third kappa shape index (κ3) is 4.43. The van der Waals surface area contributed by atoms with Crippen LogP contribution in [0.2, 0.25) is 0 Å². The molecule has 0 aromatic heterocycles. The lowest BCUT2D eigenvalue weighted by Gasteiger charge is -2.14. The van der Waals surface area contributed by atoms with Crippen LogP contribution in [-0.4, -0.2) is 24.0 Å². The first-order valence-electron chi connectivity index (χ1n) is 4.88. The number of rotatable bonds is 6. The second-order valence-electron chi connectivity index (χ2n) is 3.47. The van der Waals surface area contributed by atoms with Crippen LogP contribution in [0.15, 0.2) is 30.3 Å². The van der Waals surface area contributed by atoms with Crippen molar-refractivity contribution in [1.29, 1.82) is 0 Å². The molecule has 78 valence electrons. The Labute approximate surface area is 95.9 Å². The highest BCUT2D eigenvalue weighted by Crippen LogP contribution is 2.16. The summed E-state index contributed by atoms with van der Waals surface area (Å²) >= 11 is 3.91. The monoisotopic (exact) mass is 226 g/mol. The Morgan fingerprint density at radius 1 is 1.00 bits per heavy atom. The summed E-state index contributed by atoms with van der Waals surface area (Å²) in [6.07, 6.45) is 5.61. The van der Waals surface area contributed by atoms with Crippen molar-refractivity contribution in [2.45, 2.75) is 6.42 Å². The van der Waals surface area contributed by atoms with Gasteiger partial charge in [0.25, 0.3) is 0 Å². The molecule has 0 saturated carbocycles. The lowest BCUT2D eigenvalue weighted by atomic mass is 10.0. The molecule has 1 rings (SSSR count). The highest BCUT2D eigenvalue weighted by atomic mass is 32.2. The van der Waals surface area contributed by atoms with E-state index in [1.807, 2.05) is 23.5 Å². The van der Waals surface area contributed by atoms with Crippen molar-refractivity contribution >= 4 is 23.5 Å². The van der Waals surface area contributed by atoms with Gasteiger partial charge in [-0.05, 0) is 41.9 Å². The fourth-order valence-corrected chi connectivity index (χ4v) is 3.15. The minimum atomic E-state index is 0.822. The van der Waals surface area contributed by atoms with Gasteiger partial charge in [0.2, 0.25) is 0 Å². The molecule has 0 fully saturated rings. The highest BCUT2D eigenvalue weighted by Gasteiger charge is 2.07. The number of hydrogen-bond donors (Lipinski definition) is 0. The van der Waals surface area contributed by atoms with E-state index in [-0.39, 0.29) is 0 Å². The molecular weight excluding hydrogens is 208 g/mol. The average molecular weight is 226 g/mol. The van der Waals surface area contributed by atoms with E-state index in [0.29, 0.717) is 0 Å². The standard InChI is InChI=1S/C12H18S2/c1-13-9-12(10-14-2)8-11-6-4-3-5-7-11/h3-7,12H,8-10H2,1-2H3. The zero-order valence-corrected chi connectivity index (χ0v) is 10.5. The average Bonchev–Trinajstić information content (AvgIpc) is 2.20. The molecule has 0 unspecified atom stereocenters. The maximum absolute atomic E-state index is 2.23. The molecule has 0 aliphatic carbocycles. The van der Waals surface area contributed by atoms with Crippen molar-refractivity contribution in [2.75, 3.05) is 24.0 Å². The molecule has 2 heteroatoms. The summed E-state index contributed by atoms with van der Waals surface area (Å²) < 4.78 is 0. The van der Waals surface area contributed by atoms with Crippen LogP contribution in [0, 0.1) is 5.92 Å². The predicted molar refractivity (Wildman–Crippen MR) is 70.4 cm³/mol. The predicted octanol–water partition coefficient (Wildman–Crippen LogP) is 3.57. The molecular formula is C12H18S2. The molecule has 0 bridgehead atoms. The van der Waals surface area contributed by atoms with Gasteiger partial charge in [0.1, 0.15) is 0 Å². The Balaban J connectivity index is 2.46. The van der Waals surface area contributed by atoms with E-state index >= 15 is 0 Å². The van der Waals surface area contributed by atoms with Crippen molar-refractivity contribution in [3.63, 3.8) is 0 Å². The van der Waals surface area contributed by atoms with Gasteiger partial charge in [0.15, 0.2) is 0 Å². The van der Waals surface area contributed by atoms with E-state index in [4.69, 9.17) is 0 Å². The van der Waals surface area contributed by atoms with Crippen LogP contribution in [0.25, 0.3) is 0 Å². The van der Waals surface area contributed by atoms with Crippen molar-refractivity contribution in [3.05, 3.63) is 35.9 Å². The van der Waals surface area contributed by atoms with Gasteiger partial charge in [-0.1, -0.05) is 30.3 Å². The van der Waals surface area contributed by atoms with Gasteiger partial charge in [0.05, 0.1) is 0 Å². The van der Waals surface area contributed by atoms with Crippen LogP contribution in [-0.2, 0) is 6.42 Å². The quantitative estimate of drug-likeness (QED) is 0.727. The molecule has 0 saturated heterocycles. The molecule has 14 heavy (non-hydrogen) atoms. The molecule has 0 nitrogen and oxygen atoms in total. The van der Waals surface area contributed by atoms with Gasteiger partial charge in [-0.15, -0.1) is 0 Å². The third-order valence-electron chi connectivity index (χ3n) is 2.17. The number of benzene rings is 1. The zero-order valence-electron chi connectivity index (χ0n) is 8.90. The normalized spacial score (nSPS) is 10.8. The molecule has 0 radical (unpaired) electrons. The Bertz CT molecular complexity index is 227. The SMILES string of the molecule is CSCC(CSC)Cc1ccccc1.